The van der Waals surface area contributed by atoms with Crippen LogP contribution < -0.4 is 5.32 Å². The van der Waals surface area contributed by atoms with Crippen LogP contribution in [0.3, 0.4) is 0 Å². The monoisotopic (exact) mass is 339 g/mol. The summed E-state index contributed by atoms with van der Waals surface area (Å²) in [4.78, 5) is 12.2. The van der Waals surface area contributed by atoms with Crippen LogP contribution in [0.15, 0.2) is 42.5 Å². The lowest BCUT2D eigenvalue weighted by molar-refractivity contribution is 0.0948. The van der Waals surface area contributed by atoms with Crippen LogP contribution in [0.1, 0.15) is 53.6 Å². The van der Waals surface area contributed by atoms with Crippen molar-refractivity contribution in [3.05, 3.63) is 59.2 Å². The summed E-state index contributed by atoms with van der Waals surface area (Å²) in [6.45, 7) is 0.414. The number of rotatable bonds is 5. The number of carbonyl (C=O) groups is 1. The Kier molecular flexibility index (Phi) is 5.59. The maximum Gasteiger partial charge on any atom is 0.255 e. The average Bonchev–Trinajstić information content (AvgIpc) is 2.61. The SMILES string of the molecule is O=C(NCc1cccc(CC2CCCCC2)c1)c1ccc(O)cc1O. The Morgan fingerprint density at radius 1 is 1.00 bits per heavy atom. The summed E-state index contributed by atoms with van der Waals surface area (Å²) in [5, 5.41) is 21.9. The predicted molar refractivity (Wildman–Crippen MR) is 97.7 cm³/mol. The van der Waals surface area contributed by atoms with Gasteiger partial charge in [-0.15, -0.1) is 0 Å². The number of aromatic hydroxyl groups is 2. The molecule has 2 aromatic rings. The molecule has 1 fully saturated rings. The first kappa shape index (κ1) is 17.3. The number of phenols is 2. The average molecular weight is 339 g/mol. The standard InChI is InChI=1S/C21H25NO3/c23-18-9-10-19(20(24)13-18)21(25)22-14-17-8-4-7-16(12-17)11-15-5-2-1-3-6-15/h4,7-10,12-13,15,23-24H,1-3,5-6,11,14H2,(H,22,25). The van der Waals surface area contributed by atoms with Gasteiger partial charge in [0, 0.05) is 12.6 Å². The highest BCUT2D eigenvalue weighted by Gasteiger charge is 2.14. The van der Waals surface area contributed by atoms with Crippen molar-refractivity contribution >= 4 is 5.91 Å². The predicted octanol–water partition coefficient (Wildman–Crippen LogP) is 4.15. The number of nitrogens with one attached hydrogen (secondary N) is 1. The Morgan fingerprint density at radius 2 is 1.76 bits per heavy atom. The van der Waals surface area contributed by atoms with Crippen molar-refractivity contribution < 1.29 is 15.0 Å². The second kappa shape index (κ2) is 8.06. The molecule has 0 saturated heterocycles. The van der Waals surface area contributed by atoms with Crippen molar-refractivity contribution in [2.75, 3.05) is 0 Å². The maximum absolute atomic E-state index is 12.2. The third-order valence-electron chi connectivity index (χ3n) is 4.92. The van der Waals surface area contributed by atoms with Gasteiger partial charge in [0.05, 0.1) is 5.56 Å². The molecule has 1 amide bonds. The molecular weight excluding hydrogens is 314 g/mol. The van der Waals surface area contributed by atoms with Gasteiger partial charge in [-0.2, -0.15) is 0 Å². The van der Waals surface area contributed by atoms with Crippen molar-refractivity contribution in [1.29, 1.82) is 0 Å². The highest BCUT2D eigenvalue weighted by atomic mass is 16.3. The Morgan fingerprint density at radius 3 is 2.52 bits per heavy atom. The summed E-state index contributed by atoms with van der Waals surface area (Å²) in [5.74, 6) is 0.149. The number of carbonyl (C=O) groups excluding carboxylic acids is 1. The molecule has 3 rings (SSSR count). The van der Waals surface area contributed by atoms with E-state index < -0.39 is 0 Å². The number of hydrogen-bond donors (Lipinski definition) is 3. The van der Waals surface area contributed by atoms with Gasteiger partial charge in [-0.3, -0.25) is 4.79 Å². The molecule has 25 heavy (non-hydrogen) atoms. The zero-order valence-corrected chi connectivity index (χ0v) is 14.4. The van der Waals surface area contributed by atoms with Crippen LogP contribution in [0.5, 0.6) is 11.5 Å². The van der Waals surface area contributed by atoms with Crippen LogP contribution >= 0.6 is 0 Å². The summed E-state index contributed by atoms with van der Waals surface area (Å²) >= 11 is 0. The van der Waals surface area contributed by atoms with Gasteiger partial charge in [-0.1, -0.05) is 56.4 Å². The molecule has 1 aliphatic carbocycles. The molecule has 132 valence electrons. The molecule has 4 heteroatoms. The molecule has 0 heterocycles. The zero-order valence-electron chi connectivity index (χ0n) is 14.4. The minimum atomic E-state index is -0.352. The van der Waals surface area contributed by atoms with Crippen molar-refractivity contribution in [1.82, 2.24) is 5.32 Å². The molecule has 3 N–H and O–H groups in total. The van der Waals surface area contributed by atoms with Gasteiger partial charge in [-0.05, 0) is 35.6 Å². The number of hydrogen-bond acceptors (Lipinski definition) is 3. The third-order valence-corrected chi connectivity index (χ3v) is 4.92. The van der Waals surface area contributed by atoms with Crippen LogP contribution in [-0.2, 0) is 13.0 Å². The van der Waals surface area contributed by atoms with Crippen LogP contribution in [-0.4, -0.2) is 16.1 Å². The second-order valence-electron chi connectivity index (χ2n) is 6.91. The van der Waals surface area contributed by atoms with Crippen molar-refractivity contribution in [2.45, 2.75) is 45.1 Å². The molecular formula is C21H25NO3. The van der Waals surface area contributed by atoms with Crippen LogP contribution in [0, 0.1) is 5.92 Å². The van der Waals surface area contributed by atoms with Crippen molar-refractivity contribution in [2.24, 2.45) is 5.92 Å². The van der Waals surface area contributed by atoms with E-state index in [9.17, 15) is 15.0 Å². The van der Waals surface area contributed by atoms with Crippen molar-refractivity contribution in [3.63, 3.8) is 0 Å². The Bertz CT molecular complexity index is 736. The smallest absolute Gasteiger partial charge is 0.255 e. The largest absolute Gasteiger partial charge is 0.508 e. The van der Waals surface area contributed by atoms with Gasteiger partial charge in [0.1, 0.15) is 11.5 Å². The molecule has 0 aliphatic heterocycles. The quantitative estimate of drug-likeness (QED) is 0.766. The molecule has 0 unspecified atom stereocenters. The summed E-state index contributed by atoms with van der Waals surface area (Å²) in [7, 11) is 0. The Labute approximate surface area is 148 Å². The fourth-order valence-corrected chi connectivity index (χ4v) is 3.58. The lowest BCUT2D eigenvalue weighted by atomic mass is 9.84. The lowest BCUT2D eigenvalue weighted by Gasteiger charge is -2.21. The number of phenolic OH excluding ortho intramolecular Hbond substituents is 2. The fourth-order valence-electron chi connectivity index (χ4n) is 3.58. The van der Waals surface area contributed by atoms with E-state index >= 15 is 0 Å². The Balaban J connectivity index is 1.59. The summed E-state index contributed by atoms with van der Waals surface area (Å²) in [6.07, 6.45) is 7.81. The minimum absolute atomic E-state index is 0.0653. The van der Waals surface area contributed by atoms with Gasteiger partial charge in [0.25, 0.3) is 5.91 Å². The normalized spacial score (nSPS) is 15.0. The highest BCUT2D eigenvalue weighted by Crippen LogP contribution is 2.27. The first-order valence-corrected chi connectivity index (χ1v) is 9.00. The summed E-state index contributed by atoms with van der Waals surface area (Å²) < 4.78 is 0. The lowest BCUT2D eigenvalue weighted by Crippen LogP contribution is -2.23. The third kappa shape index (κ3) is 4.75. The maximum atomic E-state index is 12.2. The van der Waals surface area contributed by atoms with Crippen LogP contribution in [0.25, 0.3) is 0 Å². The molecule has 0 aromatic heterocycles. The van der Waals surface area contributed by atoms with Crippen LogP contribution in [0.4, 0.5) is 0 Å². The molecule has 1 aliphatic rings. The first-order valence-electron chi connectivity index (χ1n) is 9.00. The van der Waals surface area contributed by atoms with E-state index in [1.807, 2.05) is 12.1 Å². The van der Waals surface area contributed by atoms with E-state index in [1.165, 1.54) is 55.9 Å². The first-order chi connectivity index (χ1) is 12.1. The van der Waals surface area contributed by atoms with Crippen LogP contribution in [0.2, 0.25) is 0 Å². The summed E-state index contributed by atoms with van der Waals surface area (Å²) in [5.41, 5.74) is 2.54. The molecule has 1 saturated carbocycles. The second-order valence-corrected chi connectivity index (χ2v) is 6.91. The van der Waals surface area contributed by atoms with E-state index in [2.05, 4.69) is 17.4 Å². The Hall–Kier alpha value is -2.49. The van der Waals surface area contributed by atoms with E-state index in [0.29, 0.717) is 6.54 Å². The molecule has 2 aromatic carbocycles. The zero-order chi connectivity index (χ0) is 17.6. The van der Waals surface area contributed by atoms with E-state index in [-0.39, 0.29) is 23.0 Å². The van der Waals surface area contributed by atoms with E-state index in [4.69, 9.17) is 0 Å². The van der Waals surface area contributed by atoms with E-state index in [1.54, 1.807) is 0 Å². The van der Waals surface area contributed by atoms with Gasteiger partial charge in [0.2, 0.25) is 0 Å². The van der Waals surface area contributed by atoms with Crippen molar-refractivity contribution in [3.8, 4) is 11.5 Å². The highest BCUT2D eigenvalue weighted by molar-refractivity contribution is 5.96. The van der Waals surface area contributed by atoms with Gasteiger partial charge in [0.15, 0.2) is 0 Å². The minimum Gasteiger partial charge on any atom is -0.508 e. The fraction of sp³-hybridized carbons (Fsp3) is 0.381. The molecule has 0 radical (unpaired) electrons. The van der Waals surface area contributed by atoms with Gasteiger partial charge < -0.3 is 15.5 Å². The molecule has 4 nitrogen and oxygen atoms in total. The van der Waals surface area contributed by atoms with E-state index in [0.717, 1.165) is 17.9 Å². The molecule has 0 spiro atoms. The number of benzene rings is 2. The van der Waals surface area contributed by atoms with Gasteiger partial charge in [-0.25, -0.2) is 0 Å². The summed E-state index contributed by atoms with van der Waals surface area (Å²) in [6, 6.07) is 12.3. The molecule has 0 atom stereocenters. The topological polar surface area (TPSA) is 69.6 Å². The van der Waals surface area contributed by atoms with Gasteiger partial charge >= 0.3 is 0 Å². The number of amides is 1. The molecule has 0 bridgehead atoms.